The van der Waals surface area contributed by atoms with Gasteiger partial charge in [-0.1, -0.05) is 30.3 Å². The lowest BCUT2D eigenvalue weighted by atomic mass is 10.1. The zero-order chi connectivity index (χ0) is 23.9. The summed E-state index contributed by atoms with van der Waals surface area (Å²) in [5, 5.41) is 21.7. The Hall–Kier alpha value is -3.35. The standard InChI is InChI=1S/C25H28N6O2S/c1-18(30-14-6-3-7-15-30)24-28-29-25(31(24)20-10-12-21(33-2)13-11-20)34-17-23(32)27-22-9-5-4-8-19(22)16-26/h4-5,8-13,18H,3,6-7,14-15,17H2,1-2H3,(H,27,32)/t18-/m1/s1. The lowest BCUT2D eigenvalue weighted by Crippen LogP contribution is -2.33. The Morgan fingerprint density at radius 1 is 1.15 bits per heavy atom. The molecule has 1 amide bonds. The van der Waals surface area contributed by atoms with Crippen molar-refractivity contribution in [3.05, 3.63) is 59.9 Å². The minimum atomic E-state index is -0.206. The molecule has 1 aliphatic heterocycles. The molecule has 176 valence electrons. The van der Waals surface area contributed by atoms with E-state index in [4.69, 9.17) is 4.74 Å². The summed E-state index contributed by atoms with van der Waals surface area (Å²) >= 11 is 1.32. The lowest BCUT2D eigenvalue weighted by Gasteiger charge is -2.31. The Bertz CT molecular complexity index is 1160. The number of likely N-dealkylation sites (tertiary alicyclic amines) is 1. The van der Waals surface area contributed by atoms with E-state index in [0.29, 0.717) is 16.4 Å². The molecule has 0 radical (unpaired) electrons. The van der Waals surface area contributed by atoms with Crippen LogP contribution in [0.3, 0.4) is 0 Å². The number of nitrogens with zero attached hydrogens (tertiary/aromatic N) is 5. The van der Waals surface area contributed by atoms with Crippen molar-refractivity contribution in [2.45, 2.75) is 37.4 Å². The fraction of sp³-hybridized carbons (Fsp3) is 0.360. The minimum absolute atomic E-state index is 0.0978. The molecule has 0 aliphatic carbocycles. The Labute approximate surface area is 203 Å². The van der Waals surface area contributed by atoms with Crippen molar-refractivity contribution in [1.29, 1.82) is 5.26 Å². The van der Waals surface area contributed by atoms with Crippen LogP contribution in [0.1, 0.15) is 43.6 Å². The van der Waals surface area contributed by atoms with E-state index in [2.05, 4.69) is 33.4 Å². The maximum absolute atomic E-state index is 12.6. The highest BCUT2D eigenvalue weighted by atomic mass is 32.2. The smallest absolute Gasteiger partial charge is 0.234 e. The van der Waals surface area contributed by atoms with Crippen molar-refractivity contribution in [3.8, 4) is 17.5 Å². The molecule has 0 saturated carbocycles. The molecular formula is C25H28N6O2S. The maximum atomic E-state index is 12.6. The molecule has 0 unspecified atom stereocenters. The number of ether oxygens (including phenoxy) is 1. The molecule has 8 nitrogen and oxygen atoms in total. The van der Waals surface area contributed by atoms with Crippen LogP contribution < -0.4 is 10.1 Å². The molecule has 1 aromatic heterocycles. The van der Waals surface area contributed by atoms with Crippen molar-refractivity contribution in [1.82, 2.24) is 19.7 Å². The molecular weight excluding hydrogens is 448 g/mol. The van der Waals surface area contributed by atoms with Crippen molar-refractivity contribution in [2.75, 3.05) is 31.3 Å². The summed E-state index contributed by atoms with van der Waals surface area (Å²) in [5.74, 6) is 1.56. The number of methoxy groups -OCH3 is 1. The van der Waals surface area contributed by atoms with Crippen LogP contribution in [-0.4, -0.2) is 51.5 Å². The predicted molar refractivity (Wildman–Crippen MR) is 132 cm³/mol. The summed E-state index contributed by atoms with van der Waals surface area (Å²) in [4.78, 5) is 15.1. The summed E-state index contributed by atoms with van der Waals surface area (Å²) in [6.45, 7) is 4.25. The highest BCUT2D eigenvalue weighted by Crippen LogP contribution is 2.30. The molecule has 1 saturated heterocycles. The average Bonchev–Trinajstić information content (AvgIpc) is 3.32. The first-order chi connectivity index (χ1) is 16.6. The summed E-state index contributed by atoms with van der Waals surface area (Å²) < 4.78 is 7.34. The Kier molecular flexibility index (Phi) is 7.83. The summed E-state index contributed by atoms with van der Waals surface area (Å²) in [7, 11) is 1.64. The summed E-state index contributed by atoms with van der Waals surface area (Å²) in [6, 6.07) is 16.9. The Morgan fingerprint density at radius 3 is 2.59 bits per heavy atom. The van der Waals surface area contributed by atoms with Crippen LogP contribution in [0.5, 0.6) is 5.75 Å². The van der Waals surface area contributed by atoms with E-state index in [0.717, 1.165) is 30.4 Å². The average molecular weight is 477 g/mol. The molecule has 1 atom stereocenters. The first kappa shape index (κ1) is 23.8. The SMILES string of the molecule is COc1ccc(-n2c(SCC(=O)Nc3ccccc3C#N)nnc2[C@@H](C)N2CCCCC2)cc1. The van der Waals surface area contributed by atoms with Gasteiger partial charge in [-0.25, -0.2) is 0 Å². The van der Waals surface area contributed by atoms with Crippen LogP contribution >= 0.6 is 11.8 Å². The number of amides is 1. The second kappa shape index (κ2) is 11.2. The third kappa shape index (κ3) is 5.41. The number of rotatable bonds is 8. The molecule has 2 heterocycles. The second-order valence-electron chi connectivity index (χ2n) is 8.14. The molecule has 3 aromatic rings. The van der Waals surface area contributed by atoms with E-state index < -0.39 is 0 Å². The number of thioether (sulfide) groups is 1. The van der Waals surface area contributed by atoms with Crippen LogP contribution in [0.25, 0.3) is 5.69 Å². The van der Waals surface area contributed by atoms with E-state index in [1.807, 2.05) is 28.8 Å². The zero-order valence-electron chi connectivity index (χ0n) is 19.4. The predicted octanol–water partition coefficient (Wildman–Crippen LogP) is 4.43. The fourth-order valence-electron chi connectivity index (χ4n) is 4.09. The first-order valence-corrected chi connectivity index (χ1v) is 12.3. The number of hydrogen-bond donors (Lipinski definition) is 1. The molecule has 1 fully saturated rings. The van der Waals surface area contributed by atoms with Crippen molar-refractivity contribution < 1.29 is 9.53 Å². The van der Waals surface area contributed by atoms with Gasteiger partial charge in [0, 0.05) is 5.69 Å². The lowest BCUT2D eigenvalue weighted by molar-refractivity contribution is -0.113. The summed E-state index contributed by atoms with van der Waals surface area (Å²) in [5.41, 5.74) is 1.86. The van der Waals surface area contributed by atoms with Crippen molar-refractivity contribution in [2.24, 2.45) is 0 Å². The van der Waals surface area contributed by atoms with Crippen LogP contribution in [0.2, 0.25) is 0 Å². The van der Waals surface area contributed by atoms with E-state index >= 15 is 0 Å². The van der Waals surface area contributed by atoms with E-state index in [1.165, 1.54) is 31.0 Å². The number of aromatic nitrogens is 3. The number of nitriles is 1. The topological polar surface area (TPSA) is 96.1 Å². The second-order valence-corrected chi connectivity index (χ2v) is 9.08. The third-order valence-corrected chi connectivity index (χ3v) is 6.88. The molecule has 0 spiro atoms. The third-order valence-electron chi connectivity index (χ3n) is 5.96. The molecule has 1 N–H and O–H groups in total. The van der Waals surface area contributed by atoms with Gasteiger partial charge in [-0.3, -0.25) is 14.3 Å². The van der Waals surface area contributed by atoms with Gasteiger partial charge in [0.1, 0.15) is 11.8 Å². The van der Waals surface area contributed by atoms with Gasteiger partial charge in [-0.05, 0) is 69.3 Å². The van der Waals surface area contributed by atoms with Gasteiger partial charge < -0.3 is 10.1 Å². The van der Waals surface area contributed by atoms with Crippen LogP contribution in [0, 0.1) is 11.3 Å². The molecule has 1 aliphatic rings. The molecule has 0 bridgehead atoms. The molecule has 9 heteroatoms. The number of carbonyl (C=O) groups excluding carboxylic acids is 1. The largest absolute Gasteiger partial charge is 0.497 e. The van der Waals surface area contributed by atoms with E-state index in [-0.39, 0.29) is 17.7 Å². The maximum Gasteiger partial charge on any atom is 0.234 e. The van der Waals surface area contributed by atoms with Gasteiger partial charge in [0.25, 0.3) is 0 Å². The number of hydrogen-bond acceptors (Lipinski definition) is 7. The van der Waals surface area contributed by atoms with Crippen LogP contribution in [-0.2, 0) is 4.79 Å². The van der Waals surface area contributed by atoms with E-state index in [9.17, 15) is 10.1 Å². The summed E-state index contributed by atoms with van der Waals surface area (Å²) in [6.07, 6.45) is 3.64. The van der Waals surface area contributed by atoms with Gasteiger partial charge in [0.05, 0.1) is 30.2 Å². The van der Waals surface area contributed by atoms with Crippen molar-refractivity contribution in [3.63, 3.8) is 0 Å². The monoisotopic (exact) mass is 476 g/mol. The number of carbonyl (C=O) groups is 1. The van der Waals surface area contributed by atoms with Crippen LogP contribution in [0.15, 0.2) is 53.7 Å². The highest BCUT2D eigenvalue weighted by Gasteiger charge is 2.26. The van der Waals surface area contributed by atoms with Gasteiger partial charge in [0.2, 0.25) is 5.91 Å². The molecule has 2 aromatic carbocycles. The molecule has 34 heavy (non-hydrogen) atoms. The molecule has 4 rings (SSSR count). The number of piperidine rings is 1. The van der Waals surface area contributed by atoms with Gasteiger partial charge in [0.15, 0.2) is 11.0 Å². The normalized spacial score (nSPS) is 14.9. The fourth-order valence-corrected chi connectivity index (χ4v) is 4.85. The first-order valence-electron chi connectivity index (χ1n) is 11.4. The Morgan fingerprint density at radius 2 is 1.88 bits per heavy atom. The number of anilines is 1. The van der Waals surface area contributed by atoms with Crippen molar-refractivity contribution >= 4 is 23.4 Å². The number of nitrogens with one attached hydrogen (secondary N) is 1. The quantitative estimate of drug-likeness (QED) is 0.481. The van der Waals surface area contributed by atoms with Gasteiger partial charge >= 0.3 is 0 Å². The number of benzene rings is 2. The number of para-hydroxylation sites is 1. The minimum Gasteiger partial charge on any atom is -0.497 e. The van der Waals surface area contributed by atoms with Crippen LogP contribution in [0.4, 0.5) is 5.69 Å². The van der Waals surface area contributed by atoms with E-state index in [1.54, 1.807) is 31.4 Å². The van der Waals surface area contributed by atoms with Gasteiger partial charge in [-0.2, -0.15) is 5.26 Å². The Balaban J connectivity index is 1.56. The zero-order valence-corrected chi connectivity index (χ0v) is 20.2. The highest BCUT2D eigenvalue weighted by molar-refractivity contribution is 7.99. The van der Waals surface area contributed by atoms with Gasteiger partial charge in [-0.15, -0.1) is 10.2 Å².